The molecule has 9 heteroatoms. The molecule has 0 saturated carbocycles. The molecule has 1 aromatic carbocycles. The van der Waals surface area contributed by atoms with Crippen molar-refractivity contribution in [3.63, 3.8) is 0 Å². The smallest absolute Gasteiger partial charge is 0.545 e. The molecule has 0 unspecified atom stereocenters. The van der Waals surface area contributed by atoms with Crippen molar-refractivity contribution in [2.24, 2.45) is 0 Å². The third-order valence-electron chi connectivity index (χ3n) is 1.60. The van der Waals surface area contributed by atoms with Crippen LogP contribution in [0, 0.1) is 20.2 Å². The van der Waals surface area contributed by atoms with Crippen molar-refractivity contribution in [3.8, 4) is 0 Å². The molecule has 0 amide bonds. The molecule has 0 bridgehead atoms. The molecule has 1 rings (SSSR count). The van der Waals surface area contributed by atoms with Crippen LogP contribution < -0.4 is 34.7 Å². The van der Waals surface area contributed by atoms with Gasteiger partial charge in [0.05, 0.1) is 15.8 Å². The van der Waals surface area contributed by atoms with Crippen LogP contribution in [0.5, 0.6) is 0 Å². The van der Waals surface area contributed by atoms with Gasteiger partial charge in [-0.05, 0) is 6.07 Å². The Bertz CT molecular complexity index is 460. The number of nitro benzene ring substituents is 2. The van der Waals surface area contributed by atoms with Crippen LogP contribution in [-0.2, 0) is 0 Å². The predicted molar refractivity (Wildman–Crippen MR) is 44.1 cm³/mol. The monoisotopic (exact) mass is 234 g/mol. The molecule has 0 aliphatic carbocycles. The minimum Gasteiger partial charge on any atom is -0.545 e. The molecule has 0 aliphatic heterocycles. The SMILES string of the molecule is O=C([O-])c1ccc([N+](=O)[O-])c([N+](=O)[O-])c1.[Na+]. The van der Waals surface area contributed by atoms with Gasteiger partial charge in [0.25, 0.3) is 0 Å². The summed E-state index contributed by atoms with van der Waals surface area (Å²) in [5.74, 6) is -1.63. The van der Waals surface area contributed by atoms with Gasteiger partial charge in [0, 0.05) is 17.7 Å². The van der Waals surface area contributed by atoms with E-state index in [0.29, 0.717) is 6.07 Å². The van der Waals surface area contributed by atoms with Crippen molar-refractivity contribution in [1.82, 2.24) is 0 Å². The number of carboxylic acids is 1. The average Bonchev–Trinajstić information content (AvgIpc) is 2.16. The Labute approximate surface area is 110 Å². The zero-order valence-corrected chi connectivity index (χ0v) is 10.1. The molecule has 16 heavy (non-hydrogen) atoms. The Morgan fingerprint density at radius 1 is 1.06 bits per heavy atom. The van der Waals surface area contributed by atoms with Crippen LogP contribution in [0.1, 0.15) is 10.4 Å². The zero-order chi connectivity index (χ0) is 11.6. The van der Waals surface area contributed by atoms with Gasteiger partial charge in [-0.1, -0.05) is 0 Å². The van der Waals surface area contributed by atoms with Crippen molar-refractivity contribution in [2.45, 2.75) is 0 Å². The van der Waals surface area contributed by atoms with Gasteiger partial charge >= 0.3 is 40.9 Å². The van der Waals surface area contributed by atoms with Gasteiger partial charge in [-0.2, -0.15) is 0 Å². The van der Waals surface area contributed by atoms with E-state index in [9.17, 15) is 30.1 Å². The molecular formula is C7H3N2NaO6. The van der Waals surface area contributed by atoms with Gasteiger partial charge in [-0.3, -0.25) is 20.2 Å². The molecule has 0 fully saturated rings. The number of hydrogen-bond donors (Lipinski definition) is 0. The van der Waals surface area contributed by atoms with Crippen molar-refractivity contribution in [1.29, 1.82) is 0 Å². The van der Waals surface area contributed by atoms with Crippen molar-refractivity contribution in [2.75, 3.05) is 0 Å². The number of nitro groups is 2. The maximum absolute atomic E-state index is 10.4. The maximum atomic E-state index is 10.4. The van der Waals surface area contributed by atoms with Crippen LogP contribution in [0.3, 0.4) is 0 Å². The van der Waals surface area contributed by atoms with E-state index >= 15 is 0 Å². The number of carbonyl (C=O) groups excluding carboxylic acids is 1. The Balaban J connectivity index is 0.00000225. The molecule has 1 aromatic rings. The zero-order valence-electron chi connectivity index (χ0n) is 8.08. The third kappa shape index (κ3) is 2.99. The number of nitrogens with zero attached hydrogens (tertiary/aromatic N) is 2. The number of benzene rings is 1. The van der Waals surface area contributed by atoms with E-state index < -0.39 is 32.8 Å². The molecular weight excluding hydrogens is 231 g/mol. The second kappa shape index (κ2) is 5.54. The summed E-state index contributed by atoms with van der Waals surface area (Å²) in [6.45, 7) is 0. The van der Waals surface area contributed by atoms with Gasteiger partial charge in [0.1, 0.15) is 0 Å². The molecule has 0 aliphatic rings. The van der Waals surface area contributed by atoms with Crippen molar-refractivity contribution >= 4 is 17.3 Å². The Morgan fingerprint density at radius 3 is 1.94 bits per heavy atom. The number of carboxylic acid groups (broad SMARTS) is 1. The number of rotatable bonds is 3. The van der Waals surface area contributed by atoms with Gasteiger partial charge in [-0.25, -0.2) is 0 Å². The first-order chi connectivity index (χ1) is 6.93. The van der Waals surface area contributed by atoms with E-state index in [4.69, 9.17) is 0 Å². The summed E-state index contributed by atoms with van der Waals surface area (Å²) < 4.78 is 0. The minimum absolute atomic E-state index is 0. The normalized spacial score (nSPS) is 9.00. The average molecular weight is 234 g/mol. The van der Waals surface area contributed by atoms with Gasteiger partial charge in [-0.15, -0.1) is 0 Å². The summed E-state index contributed by atoms with van der Waals surface area (Å²) in [7, 11) is 0. The third-order valence-corrected chi connectivity index (χ3v) is 1.60. The first-order valence-corrected chi connectivity index (χ1v) is 3.57. The van der Waals surface area contributed by atoms with Crippen molar-refractivity contribution < 1.29 is 49.3 Å². The Kier molecular flexibility index (Phi) is 5.02. The summed E-state index contributed by atoms with van der Waals surface area (Å²) in [6, 6.07) is 2.22. The minimum atomic E-state index is -1.63. The fourth-order valence-electron chi connectivity index (χ4n) is 0.951. The molecule has 0 atom stereocenters. The summed E-state index contributed by atoms with van der Waals surface area (Å²) >= 11 is 0. The van der Waals surface area contributed by atoms with Crippen LogP contribution in [0.4, 0.5) is 11.4 Å². The van der Waals surface area contributed by atoms with Crippen LogP contribution >= 0.6 is 0 Å². The molecule has 8 nitrogen and oxygen atoms in total. The van der Waals surface area contributed by atoms with Crippen LogP contribution in [0.25, 0.3) is 0 Å². The second-order valence-corrected chi connectivity index (χ2v) is 2.51. The summed E-state index contributed by atoms with van der Waals surface area (Å²) in [4.78, 5) is 29.1. The fraction of sp³-hybridized carbons (Fsp3) is 0. The van der Waals surface area contributed by atoms with Gasteiger partial charge in [0.15, 0.2) is 0 Å². The molecule has 0 aromatic heterocycles. The van der Waals surface area contributed by atoms with Gasteiger partial charge < -0.3 is 9.90 Å². The number of carbonyl (C=O) groups is 1. The summed E-state index contributed by atoms with van der Waals surface area (Å²) in [6.07, 6.45) is 0. The quantitative estimate of drug-likeness (QED) is 0.309. The first-order valence-electron chi connectivity index (χ1n) is 3.57. The molecule has 0 radical (unpaired) electrons. The predicted octanol–water partition coefficient (Wildman–Crippen LogP) is -3.13. The van der Waals surface area contributed by atoms with E-state index in [2.05, 4.69) is 0 Å². The second-order valence-electron chi connectivity index (χ2n) is 2.51. The molecule has 0 spiro atoms. The molecule has 0 N–H and O–H groups in total. The largest absolute Gasteiger partial charge is 1.00 e. The summed E-state index contributed by atoms with van der Waals surface area (Å²) in [5, 5.41) is 31.1. The van der Waals surface area contributed by atoms with Crippen LogP contribution in [0.15, 0.2) is 18.2 Å². The van der Waals surface area contributed by atoms with Crippen LogP contribution in [0.2, 0.25) is 0 Å². The van der Waals surface area contributed by atoms with E-state index in [-0.39, 0.29) is 29.6 Å². The fourth-order valence-corrected chi connectivity index (χ4v) is 0.951. The summed E-state index contributed by atoms with van der Waals surface area (Å²) in [5.41, 5.74) is -2.11. The molecule has 0 heterocycles. The van der Waals surface area contributed by atoms with Crippen LogP contribution in [-0.4, -0.2) is 15.8 Å². The molecule has 0 saturated heterocycles. The number of aromatic carboxylic acids is 1. The van der Waals surface area contributed by atoms with E-state index in [1.165, 1.54) is 0 Å². The Morgan fingerprint density at radius 2 is 1.56 bits per heavy atom. The maximum Gasteiger partial charge on any atom is 1.00 e. The Hall–Kier alpha value is -1.51. The van der Waals surface area contributed by atoms with E-state index in [1.807, 2.05) is 0 Å². The molecule has 78 valence electrons. The van der Waals surface area contributed by atoms with Gasteiger partial charge in [0.2, 0.25) is 0 Å². The number of hydrogen-bond acceptors (Lipinski definition) is 6. The standard InChI is InChI=1S/C7H4N2O6.Na/c10-7(11)4-1-2-5(8(12)13)6(3-4)9(14)15;/h1-3H,(H,10,11);/q;+1/p-1. The topological polar surface area (TPSA) is 126 Å². The van der Waals surface area contributed by atoms with E-state index in [1.54, 1.807) is 0 Å². The first kappa shape index (κ1) is 14.5. The van der Waals surface area contributed by atoms with Crippen molar-refractivity contribution in [3.05, 3.63) is 44.0 Å². The van der Waals surface area contributed by atoms with E-state index in [0.717, 1.165) is 12.1 Å².